The monoisotopic (exact) mass is 346 g/mol. The van der Waals surface area contributed by atoms with Gasteiger partial charge in [0.05, 0.1) is 32.0 Å². The zero-order valence-electron chi connectivity index (χ0n) is 14.8. The summed E-state index contributed by atoms with van der Waals surface area (Å²) >= 11 is 0. The van der Waals surface area contributed by atoms with Crippen molar-refractivity contribution in [3.63, 3.8) is 0 Å². The Bertz CT molecular complexity index is 834. The van der Waals surface area contributed by atoms with Crippen LogP contribution < -0.4 is 5.73 Å². The first-order chi connectivity index (χ1) is 12.3. The van der Waals surface area contributed by atoms with E-state index < -0.39 is 17.9 Å². The number of carbonyl (C=O) groups is 1. The van der Waals surface area contributed by atoms with Crippen molar-refractivity contribution in [2.45, 2.75) is 37.7 Å². The highest BCUT2D eigenvalue weighted by Crippen LogP contribution is 2.33. The van der Waals surface area contributed by atoms with Gasteiger partial charge in [-0.3, -0.25) is 0 Å². The molecule has 0 atom stereocenters. The Labute approximate surface area is 146 Å². The van der Waals surface area contributed by atoms with Crippen LogP contribution in [0.15, 0.2) is 24.4 Å². The zero-order chi connectivity index (χ0) is 18.9. The van der Waals surface area contributed by atoms with Gasteiger partial charge in [-0.15, -0.1) is 0 Å². The van der Waals surface area contributed by atoms with Crippen molar-refractivity contribution in [1.82, 2.24) is 9.97 Å². The Kier molecular flexibility index (Phi) is 4.56. The fourth-order valence-corrected chi connectivity index (χ4v) is 3.01. The summed E-state index contributed by atoms with van der Waals surface area (Å²) in [5.74, 6) is -1.26. The van der Waals surface area contributed by atoms with Crippen LogP contribution in [-0.4, -0.2) is 34.2 Å². The van der Waals surface area contributed by atoms with Crippen molar-refractivity contribution in [1.29, 1.82) is 0 Å². The van der Waals surface area contributed by atoms with Gasteiger partial charge < -0.3 is 15.6 Å². The molecule has 6 nitrogen and oxygen atoms in total. The van der Waals surface area contributed by atoms with Gasteiger partial charge in [0.15, 0.2) is 0 Å². The van der Waals surface area contributed by atoms with Gasteiger partial charge in [-0.1, -0.05) is 6.07 Å². The predicted molar refractivity (Wildman–Crippen MR) is 90.4 cm³/mol. The average Bonchev–Trinajstić information content (AvgIpc) is 2.61. The molecule has 0 unspecified atom stereocenters. The first kappa shape index (κ1) is 16.0. The second kappa shape index (κ2) is 7.14. The van der Waals surface area contributed by atoms with E-state index in [2.05, 4.69) is 14.7 Å². The van der Waals surface area contributed by atoms with E-state index >= 15 is 0 Å². The van der Waals surface area contributed by atoms with Gasteiger partial charge in [-0.25, -0.2) is 19.2 Å². The highest BCUT2D eigenvalue weighted by Gasteiger charge is 2.23. The van der Waals surface area contributed by atoms with Crippen molar-refractivity contribution >= 4 is 11.8 Å². The van der Waals surface area contributed by atoms with E-state index in [0.717, 1.165) is 0 Å². The topological polar surface area (TPSA) is 98.3 Å². The van der Waals surface area contributed by atoms with E-state index in [1.165, 1.54) is 19.2 Å². The van der Waals surface area contributed by atoms with Crippen LogP contribution in [0.2, 0.25) is 0 Å². The standard InChI is InChI=1S/C18H20FN3O3/c1-25-18(24)13-7-4-11(8-14(13)19)16-17(20)21-9-15(22-16)10-2-5-12(23)6-3-10/h4,7-10,12,23H,2-3,5-6H2,1H3,(H2,20,21)/i12D. The maximum atomic E-state index is 14.2. The van der Waals surface area contributed by atoms with Crippen LogP contribution in [-0.2, 0) is 4.74 Å². The van der Waals surface area contributed by atoms with Crippen LogP contribution in [0.25, 0.3) is 11.3 Å². The molecular formula is C18H20FN3O3. The van der Waals surface area contributed by atoms with Gasteiger partial charge in [0.1, 0.15) is 17.3 Å². The fraction of sp³-hybridized carbons (Fsp3) is 0.389. The molecule has 0 amide bonds. The van der Waals surface area contributed by atoms with Gasteiger partial charge in [0.25, 0.3) is 0 Å². The van der Waals surface area contributed by atoms with E-state index in [0.29, 0.717) is 42.6 Å². The van der Waals surface area contributed by atoms with Gasteiger partial charge in [-0.2, -0.15) is 0 Å². The molecule has 1 aliphatic carbocycles. The van der Waals surface area contributed by atoms with E-state index in [-0.39, 0.29) is 17.3 Å². The first-order valence-electron chi connectivity index (χ1n) is 8.54. The summed E-state index contributed by atoms with van der Waals surface area (Å²) in [7, 11) is 1.19. The number of hydrogen-bond donors (Lipinski definition) is 2. The molecule has 2 aromatic rings. The van der Waals surface area contributed by atoms with Crippen molar-refractivity contribution in [2.75, 3.05) is 12.8 Å². The largest absolute Gasteiger partial charge is 0.465 e. The molecule has 0 spiro atoms. The summed E-state index contributed by atoms with van der Waals surface area (Å²) in [6.07, 6.45) is 2.16. The average molecular weight is 346 g/mol. The van der Waals surface area contributed by atoms with Gasteiger partial charge in [-0.05, 0) is 37.8 Å². The number of methoxy groups -OCH3 is 1. The number of ether oxygens (including phenoxy) is 1. The summed E-state index contributed by atoms with van der Waals surface area (Å²) in [5, 5.41) is 9.77. The fourth-order valence-electron chi connectivity index (χ4n) is 3.01. The number of aromatic nitrogens is 2. The minimum Gasteiger partial charge on any atom is -0.465 e. The third-order valence-corrected chi connectivity index (χ3v) is 4.45. The summed E-state index contributed by atoms with van der Waals surface area (Å²) < 4.78 is 26.4. The van der Waals surface area contributed by atoms with Crippen LogP contribution in [0.5, 0.6) is 0 Å². The van der Waals surface area contributed by atoms with Crippen molar-refractivity contribution < 1.29 is 20.4 Å². The Morgan fingerprint density at radius 2 is 2.12 bits per heavy atom. The number of esters is 1. The first-order valence-corrected chi connectivity index (χ1v) is 8.04. The number of nitrogens with zero attached hydrogens (tertiary/aromatic N) is 2. The number of anilines is 1. The normalized spacial score (nSPS) is 23.8. The summed E-state index contributed by atoms with van der Waals surface area (Å²) in [5.41, 5.74) is 7.19. The van der Waals surface area contributed by atoms with E-state index in [9.17, 15) is 14.3 Å². The molecule has 1 aliphatic rings. The molecule has 3 N–H and O–H groups in total. The molecule has 1 heterocycles. The number of benzene rings is 1. The van der Waals surface area contributed by atoms with Crippen molar-refractivity contribution in [3.05, 3.63) is 41.5 Å². The maximum Gasteiger partial charge on any atom is 0.340 e. The molecular weight excluding hydrogens is 325 g/mol. The molecule has 132 valence electrons. The highest BCUT2D eigenvalue weighted by molar-refractivity contribution is 5.90. The third kappa shape index (κ3) is 3.61. The number of halogens is 1. The lowest BCUT2D eigenvalue weighted by Gasteiger charge is -2.25. The number of aliphatic hydroxyl groups is 1. The molecule has 0 saturated heterocycles. The highest BCUT2D eigenvalue weighted by atomic mass is 19.1. The molecule has 1 aromatic carbocycles. The minimum atomic E-state index is -1.38. The molecule has 0 radical (unpaired) electrons. The molecule has 7 heteroatoms. The molecule has 1 saturated carbocycles. The molecule has 25 heavy (non-hydrogen) atoms. The smallest absolute Gasteiger partial charge is 0.340 e. The van der Waals surface area contributed by atoms with Crippen LogP contribution in [0, 0.1) is 5.82 Å². The number of rotatable bonds is 3. The Morgan fingerprint density at radius 3 is 2.76 bits per heavy atom. The number of carbonyl (C=O) groups excluding carboxylic acids is 1. The van der Waals surface area contributed by atoms with Gasteiger partial charge in [0, 0.05) is 11.5 Å². The zero-order valence-corrected chi connectivity index (χ0v) is 13.8. The molecule has 0 bridgehead atoms. The van der Waals surface area contributed by atoms with E-state index in [1.807, 2.05) is 0 Å². The van der Waals surface area contributed by atoms with Crippen LogP contribution in [0.1, 0.15) is 49.0 Å². The maximum absolute atomic E-state index is 14.2. The van der Waals surface area contributed by atoms with Crippen molar-refractivity contribution in [3.8, 4) is 11.3 Å². The number of hydrogen-bond acceptors (Lipinski definition) is 6. The van der Waals surface area contributed by atoms with Gasteiger partial charge in [0.2, 0.25) is 0 Å². The second-order valence-electron chi connectivity index (χ2n) is 6.06. The third-order valence-electron chi connectivity index (χ3n) is 4.45. The SMILES string of the molecule is [2H]C1(O)CCC(c2cnc(N)c(-c3ccc(C(=O)OC)c(F)c3)n2)CC1. The Hall–Kier alpha value is -2.54. The minimum absolute atomic E-state index is 0.0617. The van der Waals surface area contributed by atoms with Crippen molar-refractivity contribution in [2.24, 2.45) is 0 Å². The quantitative estimate of drug-likeness (QED) is 0.829. The molecule has 3 rings (SSSR count). The molecule has 0 aliphatic heterocycles. The Balaban J connectivity index is 1.91. The van der Waals surface area contributed by atoms with E-state index in [1.54, 1.807) is 12.3 Å². The van der Waals surface area contributed by atoms with Crippen LogP contribution in [0.4, 0.5) is 10.2 Å². The number of nitrogen functional groups attached to an aromatic ring is 1. The Morgan fingerprint density at radius 1 is 1.40 bits per heavy atom. The lowest BCUT2D eigenvalue weighted by atomic mass is 9.85. The number of nitrogens with two attached hydrogens (primary N) is 1. The molecule has 1 aromatic heterocycles. The summed E-state index contributed by atoms with van der Waals surface area (Å²) in [6, 6.07) is 4.05. The van der Waals surface area contributed by atoms with Crippen LogP contribution in [0.3, 0.4) is 0 Å². The predicted octanol–water partition coefficient (Wildman–Crippen LogP) is 2.67. The van der Waals surface area contributed by atoms with Crippen LogP contribution >= 0.6 is 0 Å². The molecule has 1 fully saturated rings. The summed E-state index contributed by atoms with van der Waals surface area (Å²) in [6.45, 7) is 0. The van der Waals surface area contributed by atoms with Gasteiger partial charge >= 0.3 is 5.97 Å². The van der Waals surface area contributed by atoms with E-state index in [4.69, 9.17) is 7.10 Å². The lowest BCUT2D eigenvalue weighted by molar-refractivity contribution is 0.0595. The lowest BCUT2D eigenvalue weighted by Crippen LogP contribution is -2.18. The second-order valence-corrected chi connectivity index (χ2v) is 6.06. The summed E-state index contributed by atoms with van der Waals surface area (Å²) in [4.78, 5) is 20.2.